The third-order valence-corrected chi connectivity index (χ3v) is 1.87. The minimum absolute atomic E-state index is 0.0270. The largest absolute Gasteiger partial charge is 0.420 e. The Balaban J connectivity index is 2.58. The molecule has 0 fully saturated rings. The van der Waals surface area contributed by atoms with Gasteiger partial charge < -0.3 is 10.2 Å². The van der Waals surface area contributed by atoms with Crippen LogP contribution >= 0.6 is 0 Å². The van der Waals surface area contributed by atoms with Crippen molar-refractivity contribution in [2.75, 3.05) is 5.73 Å². The van der Waals surface area contributed by atoms with Crippen molar-refractivity contribution in [2.24, 2.45) is 0 Å². The van der Waals surface area contributed by atoms with E-state index in [0.717, 1.165) is 0 Å². The van der Waals surface area contributed by atoms with Crippen LogP contribution in [0.4, 0.5) is 6.01 Å². The summed E-state index contributed by atoms with van der Waals surface area (Å²) in [5.41, 5.74) is 6.36. The summed E-state index contributed by atoms with van der Waals surface area (Å²) in [6.45, 7) is 1.40. The van der Waals surface area contributed by atoms with Gasteiger partial charge in [0.1, 0.15) is 5.69 Å². The van der Waals surface area contributed by atoms with Crippen LogP contribution < -0.4 is 5.73 Å². The molecule has 2 heterocycles. The first kappa shape index (κ1) is 9.39. The first-order chi connectivity index (χ1) is 7.18. The number of aromatic nitrogens is 2. The second kappa shape index (κ2) is 3.53. The van der Waals surface area contributed by atoms with Gasteiger partial charge in [-0.3, -0.25) is 9.78 Å². The molecule has 5 heteroatoms. The van der Waals surface area contributed by atoms with Gasteiger partial charge in [0.05, 0.1) is 5.69 Å². The predicted molar refractivity (Wildman–Crippen MR) is 54.2 cm³/mol. The summed E-state index contributed by atoms with van der Waals surface area (Å²) in [7, 11) is 0. The molecule has 0 amide bonds. The molecule has 0 radical (unpaired) electrons. The van der Waals surface area contributed by atoms with E-state index in [0.29, 0.717) is 11.4 Å². The van der Waals surface area contributed by atoms with Gasteiger partial charge in [0.25, 0.3) is 6.01 Å². The Morgan fingerprint density at radius 2 is 2.27 bits per heavy atom. The number of ketones is 1. The zero-order valence-electron chi connectivity index (χ0n) is 8.10. The Bertz CT molecular complexity index is 491. The Hall–Kier alpha value is -2.17. The molecule has 0 saturated heterocycles. The van der Waals surface area contributed by atoms with E-state index in [-0.39, 0.29) is 17.6 Å². The molecule has 0 saturated carbocycles. The van der Waals surface area contributed by atoms with Gasteiger partial charge in [-0.1, -0.05) is 6.07 Å². The van der Waals surface area contributed by atoms with Crippen LogP contribution in [0.5, 0.6) is 0 Å². The van der Waals surface area contributed by atoms with E-state index in [1.807, 2.05) is 0 Å². The fourth-order valence-corrected chi connectivity index (χ4v) is 1.25. The van der Waals surface area contributed by atoms with Crippen molar-refractivity contribution < 1.29 is 9.21 Å². The number of Topliss-reactive ketones (excluding diaryl/α,β-unsaturated/α-hetero) is 1. The van der Waals surface area contributed by atoms with E-state index in [1.165, 1.54) is 6.92 Å². The number of rotatable bonds is 2. The van der Waals surface area contributed by atoms with Crippen molar-refractivity contribution in [3.05, 3.63) is 30.2 Å². The first-order valence-electron chi connectivity index (χ1n) is 4.37. The molecule has 0 unspecified atom stereocenters. The summed E-state index contributed by atoms with van der Waals surface area (Å²) in [5.74, 6) is -0.0777. The molecule has 76 valence electrons. The van der Waals surface area contributed by atoms with Gasteiger partial charge in [-0.25, -0.2) is 0 Å². The number of oxazole rings is 1. The normalized spacial score (nSPS) is 10.2. The molecule has 0 aliphatic heterocycles. The smallest absolute Gasteiger partial charge is 0.293 e. The number of hydrogen-bond acceptors (Lipinski definition) is 5. The molecule has 0 atom stereocenters. The zero-order valence-corrected chi connectivity index (χ0v) is 8.10. The average Bonchev–Trinajstić information content (AvgIpc) is 2.62. The fourth-order valence-electron chi connectivity index (χ4n) is 1.25. The second-order valence-corrected chi connectivity index (χ2v) is 3.00. The van der Waals surface area contributed by atoms with Crippen molar-refractivity contribution in [3.8, 4) is 11.4 Å². The number of carbonyl (C=O) groups excluding carboxylic acids is 1. The van der Waals surface area contributed by atoms with Crippen LogP contribution in [0.15, 0.2) is 28.8 Å². The van der Waals surface area contributed by atoms with E-state index in [2.05, 4.69) is 9.97 Å². The molecule has 0 aliphatic rings. The summed E-state index contributed by atoms with van der Waals surface area (Å²) >= 11 is 0. The lowest BCUT2D eigenvalue weighted by Gasteiger charge is -1.95. The van der Waals surface area contributed by atoms with Gasteiger partial charge >= 0.3 is 0 Å². The lowest BCUT2D eigenvalue weighted by atomic mass is 10.2. The zero-order chi connectivity index (χ0) is 10.8. The topological polar surface area (TPSA) is 82.0 Å². The van der Waals surface area contributed by atoms with E-state index in [1.54, 1.807) is 24.4 Å². The van der Waals surface area contributed by atoms with Crippen molar-refractivity contribution in [3.63, 3.8) is 0 Å². The van der Waals surface area contributed by atoms with Crippen molar-refractivity contribution in [1.82, 2.24) is 9.97 Å². The van der Waals surface area contributed by atoms with Crippen LogP contribution in [0, 0.1) is 0 Å². The molecule has 15 heavy (non-hydrogen) atoms. The monoisotopic (exact) mass is 203 g/mol. The second-order valence-electron chi connectivity index (χ2n) is 3.00. The van der Waals surface area contributed by atoms with Crippen molar-refractivity contribution in [1.29, 1.82) is 0 Å². The summed E-state index contributed by atoms with van der Waals surface area (Å²) in [6, 6.07) is 5.29. The average molecular weight is 203 g/mol. The highest BCUT2D eigenvalue weighted by Gasteiger charge is 2.17. The molecule has 0 aromatic carbocycles. The molecule has 2 rings (SSSR count). The minimum Gasteiger partial charge on any atom is -0.420 e. The number of nitrogens with two attached hydrogens (primary N) is 1. The molecular weight excluding hydrogens is 194 g/mol. The SMILES string of the molecule is CC(=O)c1oc(N)nc1-c1ccccn1. The lowest BCUT2D eigenvalue weighted by Crippen LogP contribution is -1.94. The highest BCUT2D eigenvalue weighted by Crippen LogP contribution is 2.23. The van der Waals surface area contributed by atoms with Crippen LogP contribution in [0.3, 0.4) is 0 Å². The number of carbonyl (C=O) groups is 1. The van der Waals surface area contributed by atoms with E-state index in [4.69, 9.17) is 10.2 Å². The number of hydrogen-bond donors (Lipinski definition) is 1. The van der Waals surface area contributed by atoms with Gasteiger partial charge in [-0.2, -0.15) is 4.98 Å². The number of anilines is 1. The van der Waals surface area contributed by atoms with Crippen LogP contribution in [0.1, 0.15) is 17.5 Å². The van der Waals surface area contributed by atoms with Crippen LogP contribution in [-0.4, -0.2) is 15.8 Å². The Labute approximate surface area is 86.0 Å². The predicted octanol–water partition coefficient (Wildman–Crippen LogP) is 1.52. The van der Waals surface area contributed by atoms with Gasteiger partial charge in [0.15, 0.2) is 5.78 Å². The highest BCUT2D eigenvalue weighted by molar-refractivity contribution is 5.97. The van der Waals surface area contributed by atoms with Crippen LogP contribution in [0.25, 0.3) is 11.4 Å². The highest BCUT2D eigenvalue weighted by atomic mass is 16.4. The van der Waals surface area contributed by atoms with Crippen molar-refractivity contribution in [2.45, 2.75) is 6.92 Å². The van der Waals surface area contributed by atoms with Crippen molar-refractivity contribution >= 4 is 11.8 Å². The summed E-state index contributed by atoms with van der Waals surface area (Å²) in [4.78, 5) is 19.2. The van der Waals surface area contributed by atoms with Crippen LogP contribution in [-0.2, 0) is 0 Å². The standard InChI is InChI=1S/C10H9N3O2/c1-6(14)9-8(13-10(11)15-9)7-4-2-3-5-12-7/h2-5H,1H3,(H2,11,13). The molecule has 2 N–H and O–H groups in total. The maximum absolute atomic E-state index is 11.2. The van der Waals surface area contributed by atoms with Crippen LogP contribution in [0.2, 0.25) is 0 Å². The van der Waals surface area contributed by atoms with E-state index in [9.17, 15) is 4.79 Å². The van der Waals surface area contributed by atoms with Gasteiger partial charge in [-0.15, -0.1) is 0 Å². The Morgan fingerprint density at radius 1 is 1.47 bits per heavy atom. The molecule has 0 bridgehead atoms. The molecule has 0 aliphatic carbocycles. The van der Waals surface area contributed by atoms with E-state index >= 15 is 0 Å². The summed E-state index contributed by atoms with van der Waals surface area (Å²) in [5, 5.41) is 0. The summed E-state index contributed by atoms with van der Waals surface area (Å²) in [6.07, 6.45) is 1.62. The van der Waals surface area contributed by atoms with Gasteiger partial charge in [-0.05, 0) is 12.1 Å². The summed E-state index contributed by atoms with van der Waals surface area (Å²) < 4.78 is 5.01. The van der Waals surface area contributed by atoms with E-state index < -0.39 is 0 Å². The number of pyridine rings is 1. The molecule has 5 nitrogen and oxygen atoms in total. The lowest BCUT2D eigenvalue weighted by molar-refractivity contribution is 0.0989. The first-order valence-corrected chi connectivity index (χ1v) is 4.37. The maximum Gasteiger partial charge on any atom is 0.293 e. The minimum atomic E-state index is -0.222. The molecular formula is C10H9N3O2. The molecule has 2 aromatic heterocycles. The Kier molecular flexibility index (Phi) is 2.21. The number of nitrogen functional groups attached to an aromatic ring is 1. The molecule has 0 spiro atoms. The van der Waals surface area contributed by atoms with Gasteiger partial charge in [0, 0.05) is 13.1 Å². The maximum atomic E-state index is 11.2. The Morgan fingerprint density at radius 3 is 2.87 bits per heavy atom. The molecule has 2 aromatic rings. The van der Waals surface area contributed by atoms with Gasteiger partial charge in [0.2, 0.25) is 5.76 Å². The fraction of sp³-hybridized carbons (Fsp3) is 0.100. The quantitative estimate of drug-likeness (QED) is 0.748. The third-order valence-electron chi connectivity index (χ3n) is 1.87. The third kappa shape index (κ3) is 1.71. The number of nitrogens with zero attached hydrogens (tertiary/aromatic N) is 2.